The van der Waals surface area contributed by atoms with Gasteiger partial charge in [0.25, 0.3) is 0 Å². The molecule has 0 saturated heterocycles. The molecule has 0 aliphatic heterocycles. The second-order valence-electron chi connectivity index (χ2n) is 4.97. The van der Waals surface area contributed by atoms with Gasteiger partial charge in [0, 0.05) is 5.56 Å². The van der Waals surface area contributed by atoms with Crippen molar-refractivity contribution in [2.75, 3.05) is 7.11 Å². The van der Waals surface area contributed by atoms with Crippen LogP contribution in [-0.4, -0.2) is 22.0 Å². The zero-order chi connectivity index (χ0) is 15.5. The summed E-state index contributed by atoms with van der Waals surface area (Å²) in [4.78, 5) is 0. The van der Waals surface area contributed by atoms with E-state index in [-0.39, 0.29) is 5.75 Å². The third-order valence-corrected chi connectivity index (χ3v) is 3.65. The van der Waals surface area contributed by atoms with Crippen molar-refractivity contribution in [1.82, 2.24) is 9.78 Å². The zero-order valence-corrected chi connectivity index (χ0v) is 12.7. The van der Waals surface area contributed by atoms with Crippen molar-refractivity contribution in [1.29, 1.82) is 0 Å². The lowest BCUT2D eigenvalue weighted by molar-refractivity contribution is 0.414. The number of hydrogen-bond acceptors (Lipinski definition) is 3. The number of methoxy groups -OCH3 is 1. The fourth-order valence-electron chi connectivity index (χ4n) is 2.49. The van der Waals surface area contributed by atoms with Crippen LogP contribution in [0, 0.1) is 0 Å². The Morgan fingerprint density at radius 3 is 2.32 bits per heavy atom. The molecule has 0 aliphatic rings. The molecule has 0 bridgehead atoms. The van der Waals surface area contributed by atoms with Crippen LogP contribution < -0.4 is 4.74 Å². The Morgan fingerprint density at radius 2 is 1.73 bits per heavy atom. The normalized spacial score (nSPS) is 10.6. The molecule has 4 heteroatoms. The molecule has 3 aromatic rings. The van der Waals surface area contributed by atoms with Gasteiger partial charge in [0.1, 0.15) is 11.4 Å². The van der Waals surface area contributed by atoms with Gasteiger partial charge in [-0.1, -0.05) is 37.3 Å². The number of rotatable bonds is 4. The minimum absolute atomic E-state index is 0.240. The van der Waals surface area contributed by atoms with E-state index in [0.29, 0.717) is 12.1 Å². The molecule has 0 unspecified atom stereocenters. The summed E-state index contributed by atoms with van der Waals surface area (Å²) in [7, 11) is 1.64. The first kappa shape index (κ1) is 14.2. The van der Waals surface area contributed by atoms with Crippen LogP contribution in [0.2, 0.25) is 0 Å². The van der Waals surface area contributed by atoms with Crippen molar-refractivity contribution in [2.45, 2.75) is 13.3 Å². The maximum absolute atomic E-state index is 10.5. The SMILES string of the molecule is CCc1c(O)c(-c2ccccc2)nn1-c1ccc(OC)cc1. The first-order valence-corrected chi connectivity index (χ1v) is 7.25. The average Bonchev–Trinajstić information content (AvgIpc) is 2.92. The lowest BCUT2D eigenvalue weighted by Crippen LogP contribution is -2.01. The van der Waals surface area contributed by atoms with Gasteiger partial charge in [-0.2, -0.15) is 5.10 Å². The second-order valence-corrected chi connectivity index (χ2v) is 4.97. The van der Waals surface area contributed by atoms with Crippen LogP contribution in [0.25, 0.3) is 16.9 Å². The zero-order valence-electron chi connectivity index (χ0n) is 12.7. The van der Waals surface area contributed by atoms with Gasteiger partial charge in [-0.3, -0.25) is 0 Å². The molecule has 2 aromatic carbocycles. The van der Waals surface area contributed by atoms with Gasteiger partial charge in [0.05, 0.1) is 18.5 Å². The number of ether oxygens (including phenoxy) is 1. The van der Waals surface area contributed by atoms with Crippen LogP contribution in [0.5, 0.6) is 11.5 Å². The lowest BCUT2D eigenvalue weighted by Gasteiger charge is -2.06. The van der Waals surface area contributed by atoms with Crippen molar-refractivity contribution in [3.63, 3.8) is 0 Å². The maximum atomic E-state index is 10.5. The van der Waals surface area contributed by atoms with Crippen LogP contribution in [0.3, 0.4) is 0 Å². The summed E-state index contributed by atoms with van der Waals surface area (Å²) >= 11 is 0. The standard InChI is InChI=1S/C18H18N2O2/c1-3-16-18(21)17(13-7-5-4-6-8-13)19-20(16)14-9-11-15(22-2)12-10-14/h4-12,21H,3H2,1-2H3. The molecule has 4 nitrogen and oxygen atoms in total. The molecular formula is C18H18N2O2. The van der Waals surface area contributed by atoms with Crippen molar-refractivity contribution >= 4 is 0 Å². The third-order valence-electron chi connectivity index (χ3n) is 3.65. The predicted octanol–water partition coefficient (Wildman–Crippen LogP) is 3.82. The summed E-state index contributed by atoms with van der Waals surface area (Å²) in [6.45, 7) is 2.01. The topological polar surface area (TPSA) is 47.3 Å². The molecule has 0 fully saturated rings. The smallest absolute Gasteiger partial charge is 0.165 e. The van der Waals surface area contributed by atoms with Crippen LogP contribution in [0.1, 0.15) is 12.6 Å². The average molecular weight is 294 g/mol. The van der Waals surface area contributed by atoms with E-state index in [0.717, 1.165) is 22.7 Å². The van der Waals surface area contributed by atoms with E-state index in [2.05, 4.69) is 5.10 Å². The van der Waals surface area contributed by atoms with Gasteiger partial charge >= 0.3 is 0 Å². The highest BCUT2D eigenvalue weighted by Gasteiger charge is 2.18. The summed E-state index contributed by atoms with van der Waals surface area (Å²) in [5.74, 6) is 1.03. The second kappa shape index (κ2) is 5.93. The van der Waals surface area contributed by atoms with Crippen molar-refractivity contribution in [3.8, 4) is 28.4 Å². The maximum Gasteiger partial charge on any atom is 0.165 e. The highest BCUT2D eigenvalue weighted by atomic mass is 16.5. The van der Waals surface area contributed by atoms with E-state index in [1.165, 1.54) is 0 Å². The highest BCUT2D eigenvalue weighted by molar-refractivity contribution is 5.68. The molecule has 1 heterocycles. The summed E-state index contributed by atoms with van der Waals surface area (Å²) in [5, 5.41) is 15.1. The Morgan fingerprint density at radius 1 is 1.05 bits per heavy atom. The summed E-state index contributed by atoms with van der Waals surface area (Å²) in [6, 6.07) is 17.3. The molecule has 0 saturated carbocycles. The third kappa shape index (κ3) is 2.44. The largest absolute Gasteiger partial charge is 0.504 e. The molecule has 112 valence electrons. The molecule has 1 aromatic heterocycles. The van der Waals surface area contributed by atoms with Crippen molar-refractivity contribution < 1.29 is 9.84 Å². The van der Waals surface area contributed by atoms with Gasteiger partial charge in [0.2, 0.25) is 0 Å². The fraction of sp³-hybridized carbons (Fsp3) is 0.167. The van der Waals surface area contributed by atoms with Gasteiger partial charge in [-0.15, -0.1) is 0 Å². The molecule has 22 heavy (non-hydrogen) atoms. The van der Waals surface area contributed by atoms with Crippen molar-refractivity contribution in [3.05, 3.63) is 60.3 Å². The van der Waals surface area contributed by atoms with E-state index in [9.17, 15) is 5.11 Å². The summed E-state index contributed by atoms with van der Waals surface area (Å²) < 4.78 is 6.97. The molecular weight excluding hydrogens is 276 g/mol. The van der Waals surface area contributed by atoms with Crippen molar-refractivity contribution in [2.24, 2.45) is 0 Å². The summed E-state index contributed by atoms with van der Waals surface area (Å²) in [6.07, 6.45) is 0.692. The van der Waals surface area contributed by atoms with Gasteiger partial charge < -0.3 is 9.84 Å². The van der Waals surface area contributed by atoms with E-state index in [4.69, 9.17) is 4.74 Å². The number of hydrogen-bond donors (Lipinski definition) is 1. The molecule has 0 spiro atoms. The fourth-order valence-corrected chi connectivity index (χ4v) is 2.49. The Balaban J connectivity index is 2.11. The van der Waals surface area contributed by atoms with Gasteiger partial charge in [0.15, 0.2) is 5.75 Å². The van der Waals surface area contributed by atoms with Crippen LogP contribution in [0.4, 0.5) is 0 Å². The minimum Gasteiger partial charge on any atom is -0.504 e. The molecule has 0 atom stereocenters. The number of nitrogens with zero attached hydrogens (tertiary/aromatic N) is 2. The van der Waals surface area contributed by atoms with E-state index in [1.54, 1.807) is 11.8 Å². The molecule has 0 amide bonds. The summed E-state index contributed by atoms with van der Waals surface area (Å²) in [5.41, 5.74) is 3.20. The van der Waals surface area contributed by atoms with E-state index in [1.807, 2.05) is 61.5 Å². The van der Waals surface area contributed by atoms with Crippen LogP contribution in [-0.2, 0) is 6.42 Å². The van der Waals surface area contributed by atoms with E-state index < -0.39 is 0 Å². The Kier molecular flexibility index (Phi) is 3.83. The highest BCUT2D eigenvalue weighted by Crippen LogP contribution is 2.33. The predicted molar refractivity (Wildman–Crippen MR) is 86.6 cm³/mol. The molecule has 0 aliphatic carbocycles. The molecule has 3 rings (SSSR count). The molecule has 1 N–H and O–H groups in total. The van der Waals surface area contributed by atoms with Crippen LogP contribution in [0.15, 0.2) is 54.6 Å². The first-order valence-electron chi connectivity index (χ1n) is 7.25. The number of benzene rings is 2. The lowest BCUT2D eigenvalue weighted by atomic mass is 10.1. The van der Waals surface area contributed by atoms with E-state index >= 15 is 0 Å². The monoisotopic (exact) mass is 294 g/mol. The van der Waals surface area contributed by atoms with Crippen LogP contribution >= 0.6 is 0 Å². The minimum atomic E-state index is 0.240. The number of aromatic nitrogens is 2. The quantitative estimate of drug-likeness (QED) is 0.796. The Hall–Kier alpha value is -2.75. The molecule has 0 radical (unpaired) electrons. The van der Waals surface area contributed by atoms with Gasteiger partial charge in [-0.25, -0.2) is 4.68 Å². The number of aromatic hydroxyl groups is 1. The Labute approximate surface area is 129 Å². The Bertz CT molecular complexity index is 762. The first-order chi connectivity index (χ1) is 10.7. The van der Waals surface area contributed by atoms with Gasteiger partial charge in [-0.05, 0) is 30.7 Å².